The van der Waals surface area contributed by atoms with Crippen molar-refractivity contribution in [3.8, 4) is 11.5 Å². The maximum atomic E-state index is 12.2. The molecule has 2 aromatic rings. The van der Waals surface area contributed by atoms with E-state index in [1.165, 1.54) is 0 Å². The van der Waals surface area contributed by atoms with Crippen LogP contribution in [0.2, 0.25) is 0 Å². The van der Waals surface area contributed by atoms with Crippen molar-refractivity contribution in [2.75, 3.05) is 26.5 Å². The highest BCUT2D eigenvalue weighted by Gasteiger charge is 2.09. The summed E-state index contributed by atoms with van der Waals surface area (Å²) in [6, 6.07) is 11.0. The fourth-order valence-electron chi connectivity index (χ4n) is 1.92. The summed E-state index contributed by atoms with van der Waals surface area (Å²) in [5, 5.41) is 3.90. The van der Waals surface area contributed by atoms with Crippen LogP contribution in [0.3, 0.4) is 0 Å². The van der Waals surface area contributed by atoms with Crippen molar-refractivity contribution in [2.45, 2.75) is 11.4 Å². The van der Waals surface area contributed by atoms with E-state index in [4.69, 9.17) is 9.47 Å². The molecule has 1 aromatic heterocycles. The zero-order valence-electron chi connectivity index (χ0n) is 13.2. The lowest BCUT2D eigenvalue weighted by molar-refractivity contribution is 0.0953. The van der Waals surface area contributed by atoms with Gasteiger partial charge in [-0.1, -0.05) is 6.07 Å². The standard InChI is InChI=1S/C17H20N2O3S/c1-21-14-10-13(11-15(12-14)22-2)17(20)19-8-5-9-23-16-6-3-4-7-18-16/h3-4,6-7,10-12H,5,8-9H2,1-2H3,(H,19,20). The molecule has 0 fully saturated rings. The smallest absolute Gasteiger partial charge is 0.251 e. The molecule has 6 heteroatoms. The monoisotopic (exact) mass is 332 g/mol. The van der Waals surface area contributed by atoms with Crippen molar-refractivity contribution >= 4 is 17.7 Å². The van der Waals surface area contributed by atoms with Crippen molar-refractivity contribution in [3.63, 3.8) is 0 Å². The average Bonchev–Trinajstić information content (AvgIpc) is 2.61. The van der Waals surface area contributed by atoms with Crippen molar-refractivity contribution in [2.24, 2.45) is 0 Å². The summed E-state index contributed by atoms with van der Waals surface area (Å²) in [6.07, 6.45) is 2.65. The molecule has 0 saturated heterocycles. The van der Waals surface area contributed by atoms with E-state index in [9.17, 15) is 4.79 Å². The highest BCUT2D eigenvalue weighted by atomic mass is 32.2. The molecule has 1 heterocycles. The maximum absolute atomic E-state index is 12.2. The van der Waals surface area contributed by atoms with Gasteiger partial charge < -0.3 is 14.8 Å². The number of amides is 1. The molecular weight excluding hydrogens is 312 g/mol. The molecule has 1 aromatic carbocycles. The molecule has 0 saturated carbocycles. The van der Waals surface area contributed by atoms with E-state index in [0.29, 0.717) is 23.6 Å². The third-order valence-electron chi connectivity index (χ3n) is 3.11. The summed E-state index contributed by atoms with van der Waals surface area (Å²) < 4.78 is 10.3. The second-order valence-electron chi connectivity index (χ2n) is 4.73. The van der Waals surface area contributed by atoms with E-state index in [2.05, 4.69) is 10.3 Å². The second-order valence-corrected chi connectivity index (χ2v) is 5.84. The minimum Gasteiger partial charge on any atom is -0.497 e. The maximum Gasteiger partial charge on any atom is 0.251 e. The quantitative estimate of drug-likeness (QED) is 0.595. The van der Waals surface area contributed by atoms with E-state index < -0.39 is 0 Å². The van der Waals surface area contributed by atoms with Crippen LogP contribution >= 0.6 is 11.8 Å². The van der Waals surface area contributed by atoms with Crippen molar-refractivity contribution in [1.82, 2.24) is 10.3 Å². The Labute approximate surface area is 140 Å². The predicted octanol–water partition coefficient (Wildman–Crippen LogP) is 3.01. The summed E-state index contributed by atoms with van der Waals surface area (Å²) in [5.41, 5.74) is 0.526. The average molecular weight is 332 g/mol. The molecule has 0 atom stereocenters. The number of aromatic nitrogens is 1. The number of hydrogen-bond donors (Lipinski definition) is 1. The first-order chi connectivity index (χ1) is 11.2. The molecule has 0 radical (unpaired) electrons. The van der Waals surface area contributed by atoms with Crippen LogP contribution in [0.15, 0.2) is 47.6 Å². The number of thioether (sulfide) groups is 1. The van der Waals surface area contributed by atoms with Crippen LogP contribution in [-0.4, -0.2) is 37.4 Å². The lowest BCUT2D eigenvalue weighted by atomic mass is 10.2. The fourth-order valence-corrected chi connectivity index (χ4v) is 2.73. The van der Waals surface area contributed by atoms with Gasteiger partial charge in [0.1, 0.15) is 11.5 Å². The van der Waals surface area contributed by atoms with E-state index in [-0.39, 0.29) is 5.91 Å². The third kappa shape index (κ3) is 5.49. The Morgan fingerprint density at radius 2 is 1.91 bits per heavy atom. The van der Waals surface area contributed by atoms with Crippen molar-refractivity contribution < 1.29 is 14.3 Å². The zero-order chi connectivity index (χ0) is 16.5. The number of nitrogens with one attached hydrogen (secondary N) is 1. The van der Waals surface area contributed by atoms with Gasteiger partial charge in [0.2, 0.25) is 0 Å². The molecule has 5 nitrogen and oxygen atoms in total. The van der Waals surface area contributed by atoms with E-state index in [1.807, 2.05) is 18.2 Å². The van der Waals surface area contributed by atoms with Crippen LogP contribution in [0.25, 0.3) is 0 Å². The van der Waals surface area contributed by atoms with E-state index in [0.717, 1.165) is 17.2 Å². The number of carbonyl (C=O) groups excluding carboxylic acids is 1. The fraction of sp³-hybridized carbons (Fsp3) is 0.294. The van der Waals surface area contributed by atoms with Gasteiger partial charge >= 0.3 is 0 Å². The highest BCUT2D eigenvalue weighted by molar-refractivity contribution is 7.99. The van der Waals surface area contributed by atoms with Gasteiger partial charge in [-0.2, -0.15) is 0 Å². The summed E-state index contributed by atoms with van der Waals surface area (Å²) >= 11 is 1.68. The minimum absolute atomic E-state index is 0.134. The van der Waals surface area contributed by atoms with Gasteiger partial charge in [-0.15, -0.1) is 11.8 Å². The first kappa shape index (κ1) is 17.1. The Kier molecular flexibility index (Phi) is 6.75. The van der Waals surface area contributed by atoms with Gasteiger partial charge in [0.05, 0.1) is 19.2 Å². The van der Waals surface area contributed by atoms with Gasteiger partial charge in [-0.25, -0.2) is 4.98 Å². The number of nitrogens with zero attached hydrogens (tertiary/aromatic N) is 1. The molecule has 1 N–H and O–H groups in total. The number of carbonyl (C=O) groups is 1. The van der Waals surface area contributed by atoms with Crippen LogP contribution in [0.4, 0.5) is 0 Å². The summed E-state index contributed by atoms with van der Waals surface area (Å²) in [6.45, 7) is 0.609. The Hall–Kier alpha value is -2.21. The van der Waals surface area contributed by atoms with Crippen LogP contribution < -0.4 is 14.8 Å². The Morgan fingerprint density at radius 3 is 2.52 bits per heavy atom. The predicted molar refractivity (Wildman–Crippen MR) is 91.5 cm³/mol. The normalized spacial score (nSPS) is 10.2. The van der Waals surface area contributed by atoms with Crippen molar-refractivity contribution in [3.05, 3.63) is 48.2 Å². The summed E-state index contributed by atoms with van der Waals surface area (Å²) in [7, 11) is 3.12. The molecule has 0 aliphatic heterocycles. The van der Waals surface area contributed by atoms with Gasteiger partial charge in [-0.3, -0.25) is 4.79 Å². The largest absolute Gasteiger partial charge is 0.497 e. The molecule has 2 rings (SSSR count). The lowest BCUT2D eigenvalue weighted by Gasteiger charge is -2.09. The van der Waals surface area contributed by atoms with Crippen molar-refractivity contribution in [1.29, 1.82) is 0 Å². The molecule has 122 valence electrons. The molecular formula is C17H20N2O3S. The third-order valence-corrected chi connectivity index (χ3v) is 4.14. The van der Waals surface area contributed by atoms with Gasteiger partial charge in [-0.05, 0) is 30.7 Å². The number of rotatable bonds is 8. The molecule has 0 bridgehead atoms. The SMILES string of the molecule is COc1cc(OC)cc(C(=O)NCCCSc2ccccn2)c1. The van der Waals surface area contributed by atoms with Crippen LogP contribution in [-0.2, 0) is 0 Å². The molecule has 1 amide bonds. The van der Waals surface area contributed by atoms with Gasteiger partial charge in [0.15, 0.2) is 0 Å². The number of pyridine rings is 1. The second kappa shape index (κ2) is 9.05. The van der Waals surface area contributed by atoms with Gasteiger partial charge in [0.25, 0.3) is 5.91 Å². The first-order valence-electron chi connectivity index (χ1n) is 7.28. The van der Waals surface area contributed by atoms with Crippen LogP contribution in [0.1, 0.15) is 16.8 Å². The molecule has 23 heavy (non-hydrogen) atoms. The minimum atomic E-state index is -0.134. The Balaban J connectivity index is 1.78. The first-order valence-corrected chi connectivity index (χ1v) is 8.26. The van der Waals surface area contributed by atoms with E-state index >= 15 is 0 Å². The molecule has 0 aliphatic rings. The molecule has 0 spiro atoms. The number of hydrogen-bond acceptors (Lipinski definition) is 5. The van der Waals surface area contributed by atoms with Gasteiger partial charge in [0, 0.05) is 30.1 Å². The lowest BCUT2D eigenvalue weighted by Crippen LogP contribution is -2.24. The zero-order valence-corrected chi connectivity index (χ0v) is 14.1. The Morgan fingerprint density at radius 1 is 1.17 bits per heavy atom. The highest BCUT2D eigenvalue weighted by Crippen LogP contribution is 2.22. The number of methoxy groups -OCH3 is 2. The summed E-state index contributed by atoms with van der Waals surface area (Å²) in [5.74, 6) is 1.96. The number of benzene rings is 1. The topological polar surface area (TPSA) is 60.5 Å². The van der Waals surface area contributed by atoms with Crippen LogP contribution in [0.5, 0.6) is 11.5 Å². The summed E-state index contributed by atoms with van der Waals surface area (Å²) in [4.78, 5) is 16.4. The molecule has 0 unspecified atom stereocenters. The molecule has 0 aliphatic carbocycles. The Bertz CT molecular complexity index is 613. The van der Waals surface area contributed by atoms with E-state index in [1.54, 1.807) is 50.4 Å². The van der Waals surface area contributed by atoms with Crippen LogP contribution in [0, 0.1) is 0 Å². The number of ether oxygens (including phenoxy) is 2.